The van der Waals surface area contributed by atoms with E-state index >= 15 is 0 Å². The quantitative estimate of drug-likeness (QED) is 0.681. The lowest BCUT2D eigenvalue weighted by Crippen LogP contribution is -2.41. The van der Waals surface area contributed by atoms with Crippen LogP contribution in [0.1, 0.15) is 30.1 Å². The van der Waals surface area contributed by atoms with E-state index in [0.717, 1.165) is 0 Å². The minimum Gasteiger partial charge on any atom is -0.494 e. The van der Waals surface area contributed by atoms with E-state index in [1.54, 1.807) is 24.3 Å². The lowest BCUT2D eigenvalue weighted by atomic mass is 10.1. The van der Waals surface area contributed by atoms with Crippen LogP contribution in [0.5, 0.6) is 5.75 Å². The molecule has 1 amide bonds. The summed E-state index contributed by atoms with van der Waals surface area (Å²) in [7, 11) is 0. The molecule has 0 atom stereocenters. The Balaban J connectivity index is 2.40. The fourth-order valence-electron chi connectivity index (χ4n) is 1.66. The van der Waals surface area contributed by atoms with Crippen molar-refractivity contribution in [1.29, 1.82) is 0 Å². The minimum absolute atomic E-state index is 0.0476. The zero-order chi connectivity index (χ0) is 16.6. The molecule has 0 saturated heterocycles. The van der Waals surface area contributed by atoms with Gasteiger partial charge in [0.15, 0.2) is 5.78 Å². The van der Waals surface area contributed by atoms with Gasteiger partial charge in [-0.1, -0.05) is 0 Å². The Bertz CT molecular complexity index is 504. The van der Waals surface area contributed by atoms with Gasteiger partial charge in [-0.3, -0.25) is 9.59 Å². The summed E-state index contributed by atoms with van der Waals surface area (Å²) in [6.45, 7) is 0.727. The number of Topliss-reactive ketones (excluding diaryl/α,β-unsaturated/α-hetero) is 1. The van der Waals surface area contributed by atoms with Crippen molar-refractivity contribution in [3.05, 3.63) is 29.8 Å². The fraction of sp³-hybridized carbons (Fsp3) is 0.467. The van der Waals surface area contributed by atoms with Crippen LogP contribution in [-0.4, -0.2) is 37.3 Å². The van der Waals surface area contributed by atoms with Gasteiger partial charge in [0.1, 0.15) is 5.75 Å². The Morgan fingerprint density at radius 3 is 2.41 bits per heavy atom. The summed E-state index contributed by atoms with van der Waals surface area (Å²) in [5, 5.41) is 2.07. The summed E-state index contributed by atoms with van der Waals surface area (Å²) < 4.78 is 31.0. The predicted octanol–water partition coefficient (Wildman–Crippen LogP) is 1.76. The van der Waals surface area contributed by atoms with E-state index in [1.807, 2.05) is 6.92 Å². The third-order valence-corrected chi connectivity index (χ3v) is 2.91. The van der Waals surface area contributed by atoms with Gasteiger partial charge >= 0.3 is 0 Å². The number of ketones is 1. The lowest BCUT2D eigenvalue weighted by molar-refractivity contribution is -0.122. The van der Waals surface area contributed by atoms with Gasteiger partial charge in [0.05, 0.1) is 19.7 Å². The summed E-state index contributed by atoms with van der Waals surface area (Å²) in [6, 6.07) is 6.54. The van der Waals surface area contributed by atoms with Crippen LogP contribution in [0.15, 0.2) is 24.3 Å². The number of alkyl halides is 2. The summed E-state index contributed by atoms with van der Waals surface area (Å²) in [4.78, 5) is 23.3. The number of hydrogen-bond acceptors (Lipinski definition) is 4. The van der Waals surface area contributed by atoms with E-state index < -0.39 is 24.9 Å². The first-order valence-electron chi connectivity index (χ1n) is 6.98. The van der Waals surface area contributed by atoms with Crippen LogP contribution < -0.4 is 15.8 Å². The van der Waals surface area contributed by atoms with Gasteiger partial charge in [0.2, 0.25) is 5.91 Å². The van der Waals surface area contributed by atoms with Crippen LogP contribution >= 0.6 is 0 Å². The Morgan fingerprint density at radius 2 is 1.86 bits per heavy atom. The fourth-order valence-corrected chi connectivity index (χ4v) is 1.66. The molecule has 22 heavy (non-hydrogen) atoms. The molecule has 0 bridgehead atoms. The van der Waals surface area contributed by atoms with Gasteiger partial charge in [0.25, 0.3) is 5.92 Å². The number of carbonyl (C=O) groups is 2. The number of nitrogens with one attached hydrogen (secondary N) is 1. The van der Waals surface area contributed by atoms with Crippen LogP contribution in [0, 0.1) is 0 Å². The number of amides is 1. The van der Waals surface area contributed by atoms with Gasteiger partial charge in [-0.2, -0.15) is 0 Å². The highest BCUT2D eigenvalue weighted by molar-refractivity contribution is 5.98. The van der Waals surface area contributed by atoms with E-state index in [4.69, 9.17) is 10.5 Å². The molecular formula is C15H20F2N2O3. The van der Waals surface area contributed by atoms with Crippen LogP contribution in [0.3, 0.4) is 0 Å². The third-order valence-electron chi connectivity index (χ3n) is 2.91. The molecule has 7 heteroatoms. The Hall–Kier alpha value is -2.02. The molecule has 1 rings (SSSR count). The Labute approximate surface area is 127 Å². The normalized spacial score (nSPS) is 11.1. The zero-order valence-corrected chi connectivity index (χ0v) is 12.4. The van der Waals surface area contributed by atoms with E-state index in [0.29, 0.717) is 17.9 Å². The molecular weight excluding hydrogens is 294 g/mol. The molecule has 0 heterocycles. The molecule has 0 aliphatic carbocycles. The summed E-state index contributed by atoms with van der Waals surface area (Å²) in [5.41, 5.74) is 5.31. The number of halogens is 2. The Morgan fingerprint density at radius 1 is 1.23 bits per heavy atom. The number of carbonyl (C=O) groups excluding carboxylic acids is 2. The van der Waals surface area contributed by atoms with Gasteiger partial charge < -0.3 is 15.8 Å². The van der Waals surface area contributed by atoms with Crippen LogP contribution in [0.25, 0.3) is 0 Å². The second-order valence-electron chi connectivity index (χ2n) is 4.72. The molecule has 3 N–H and O–H groups in total. The molecule has 1 aromatic rings. The van der Waals surface area contributed by atoms with Gasteiger partial charge in [-0.15, -0.1) is 0 Å². The maximum Gasteiger partial charge on any atom is 0.277 e. The molecule has 0 aliphatic rings. The van der Waals surface area contributed by atoms with Gasteiger partial charge in [-0.25, -0.2) is 8.78 Å². The standard InChI is InChI=1S/C15H20F2N2O3/c1-2-22-12-5-3-11(4-6-12)13(20)7-8-14(21)19-10-15(16,17)9-18/h3-6H,2,7-10,18H2,1H3,(H,19,21). The van der Waals surface area contributed by atoms with Gasteiger partial charge in [0, 0.05) is 18.4 Å². The van der Waals surface area contributed by atoms with Crippen molar-refractivity contribution in [3.63, 3.8) is 0 Å². The largest absolute Gasteiger partial charge is 0.494 e. The molecule has 0 unspecified atom stereocenters. The van der Waals surface area contributed by atoms with Gasteiger partial charge in [-0.05, 0) is 31.2 Å². The first-order chi connectivity index (χ1) is 10.4. The highest BCUT2D eigenvalue weighted by Crippen LogP contribution is 2.14. The van der Waals surface area contributed by atoms with E-state index in [2.05, 4.69) is 5.32 Å². The monoisotopic (exact) mass is 314 g/mol. The molecule has 0 aromatic heterocycles. The molecule has 5 nitrogen and oxygen atoms in total. The van der Waals surface area contributed by atoms with Crippen molar-refractivity contribution in [1.82, 2.24) is 5.32 Å². The Kier molecular flexibility index (Phi) is 6.91. The van der Waals surface area contributed by atoms with Crippen molar-refractivity contribution in [3.8, 4) is 5.75 Å². The summed E-state index contributed by atoms with van der Waals surface area (Å²) >= 11 is 0. The van der Waals surface area contributed by atoms with Crippen LogP contribution in [0.4, 0.5) is 8.78 Å². The highest BCUT2D eigenvalue weighted by atomic mass is 19.3. The van der Waals surface area contributed by atoms with Crippen LogP contribution in [-0.2, 0) is 4.79 Å². The maximum absolute atomic E-state index is 12.9. The van der Waals surface area contributed by atoms with Crippen molar-refractivity contribution in [2.45, 2.75) is 25.7 Å². The molecule has 0 radical (unpaired) electrons. The molecule has 0 aliphatic heterocycles. The number of hydrogen-bond donors (Lipinski definition) is 2. The lowest BCUT2D eigenvalue weighted by Gasteiger charge is -2.14. The third kappa shape index (κ3) is 6.17. The van der Waals surface area contributed by atoms with E-state index in [1.165, 1.54) is 0 Å². The predicted molar refractivity (Wildman–Crippen MR) is 78.2 cm³/mol. The zero-order valence-electron chi connectivity index (χ0n) is 12.4. The average Bonchev–Trinajstić information content (AvgIpc) is 2.52. The van der Waals surface area contributed by atoms with Crippen molar-refractivity contribution in [2.24, 2.45) is 5.73 Å². The SMILES string of the molecule is CCOc1ccc(C(=O)CCC(=O)NCC(F)(F)CN)cc1. The second kappa shape index (κ2) is 8.43. The number of rotatable bonds is 9. The first kappa shape index (κ1) is 18.0. The average molecular weight is 314 g/mol. The first-order valence-corrected chi connectivity index (χ1v) is 6.98. The molecule has 1 aromatic carbocycles. The highest BCUT2D eigenvalue weighted by Gasteiger charge is 2.27. The maximum atomic E-state index is 12.9. The van der Waals surface area contributed by atoms with Crippen molar-refractivity contribution < 1.29 is 23.1 Å². The molecule has 0 saturated carbocycles. The number of nitrogens with two attached hydrogens (primary N) is 1. The molecule has 0 fully saturated rings. The smallest absolute Gasteiger partial charge is 0.277 e. The van der Waals surface area contributed by atoms with Crippen LogP contribution in [0.2, 0.25) is 0 Å². The second-order valence-corrected chi connectivity index (χ2v) is 4.72. The topological polar surface area (TPSA) is 81.4 Å². The van der Waals surface area contributed by atoms with Crippen molar-refractivity contribution in [2.75, 3.05) is 19.7 Å². The summed E-state index contributed by atoms with van der Waals surface area (Å²) in [6.07, 6.45) is -0.194. The summed E-state index contributed by atoms with van der Waals surface area (Å²) in [5.74, 6) is -3.31. The number of ether oxygens (including phenoxy) is 1. The number of benzene rings is 1. The molecule has 122 valence electrons. The van der Waals surface area contributed by atoms with E-state index in [-0.39, 0.29) is 18.6 Å². The minimum atomic E-state index is -3.13. The molecule has 0 spiro atoms. The van der Waals surface area contributed by atoms with Crippen molar-refractivity contribution >= 4 is 11.7 Å². The van der Waals surface area contributed by atoms with E-state index in [9.17, 15) is 18.4 Å².